The van der Waals surface area contributed by atoms with Crippen molar-refractivity contribution in [1.82, 2.24) is 0 Å². The van der Waals surface area contributed by atoms with Gasteiger partial charge in [-0.05, 0) is 0 Å². The Morgan fingerprint density at radius 1 is 1.00 bits per heavy atom. The molecular formula is C7H17ClMgSi. The fraction of sp³-hybridized carbons (Fsp3) is 0.714. The van der Waals surface area contributed by atoms with Gasteiger partial charge in [0.25, 0.3) is 0 Å². The molecule has 0 aliphatic carbocycles. The van der Waals surface area contributed by atoms with Crippen LogP contribution in [0.3, 0.4) is 0 Å². The third-order valence-electron chi connectivity index (χ3n) is 1.72. The molecule has 0 aromatic carbocycles. The number of hydrogen-bond acceptors (Lipinski definition) is 0. The van der Waals surface area contributed by atoms with E-state index < -0.39 is 0 Å². The summed E-state index contributed by atoms with van der Waals surface area (Å²) in [6.45, 7) is 4.14. The summed E-state index contributed by atoms with van der Waals surface area (Å²) in [7, 11) is -0.345. The van der Waals surface area contributed by atoms with E-state index in [0.29, 0.717) is 0 Å². The van der Waals surface area contributed by atoms with Crippen LogP contribution in [0.1, 0.15) is 19.3 Å². The molecule has 1 saturated heterocycles. The Labute approximate surface area is 89.3 Å². The molecule has 0 nitrogen and oxygen atoms in total. The van der Waals surface area contributed by atoms with E-state index in [-0.39, 0.29) is 51.7 Å². The molecule has 0 aromatic heterocycles. The van der Waals surface area contributed by atoms with Gasteiger partial charge < -0.3 is 14.0 Å². The van der Waals surface area contributed by atoms with Crippen molar-refractivity contribution >= 4 is 44.3 Å². The first-order valence-corrected chi connectivity index (χ1v) is 5.67. The van der Waals surface area contributed by atoms with Crippen LogP contribution in [0.4, 0.5) is 0 Å². The van der Waals surface area contributed by atoms with Gasteiger partial charge in [0.15, 0.2) is 0 Å². The largest absolute Gasteiger partial charge is 2.00 e. The SMILES string of the molecule is Cl.[CH2-][SiH]1CCCCC1.[CH3-].[Mg+2]. The minimum absolute atomic E-state index is 0. The molecule has 1 rings (SSSR count). The summed E-state index contributed by atoms with van der Waals surface area (Å²) in [4.78, 5) is 0. The molecule has 0 N–H and O–H groups in total. The van der Waals surface area contributed by atoms with E-state index in [1.807, 2.05) is 0 Å². The van der Waals surface area contributed by atoms with E-state index in [4.69, 9.17) is 0 Å². The van der Waals surface area contributed by atoms with E-state index >= 15 is 0 Å². The maximum Gasteiger partial charge on any atom is 2.00 e. The molecule has 1 fully saturated rings. The van der Waals surface area contributed by atoms with Gasteiger partial charge in [-0.1, -0.05) is 31.4 Å². The van der Waals surface area contributed by atoms with Crippen LogP contribution in [0.2, 0.25) is 12.1 Å². The van der Waals surface area contributed by atoms with E-state index in [9.17, 15) is 0 Å². The summed E-state index contributed by atoms with van der Waals surface area (Å²) < 4.78 is 0. The minimum Gasteiger partial charge on any atom is -0.358 e. The standard InChI is InChI=1S/C6H13Si.CH3.ClH.Mg/c1-7-5-3-2-4-6-7;;;/h7H,1-6H2;1H3;1H;/q2*-1;;+2. The first-order valence-electron chi connectivity index (χ1n) is 3.22. The molecule has 0 atom stereocenters. The molecular weight excluding hydrogens is 172 g/mol. The summed E-state index contributed by atoms with van der Waals surface area (Å²) in [5.74, 6) is 0. The van der Waals surface area contributed by atoms with Gasteiger partial charge in [-0.25, -0.2) is 0 Å². The minimum atomic E-state index is -0.345. The second-order valence-corrected chi connectivity index (χ2v) is 5.39. The fourth-order valence-electron chi connectivity index (χ4n) is 1.19. The first kappa shape index (κ1) is 17.4. The van der Waals surface area contributed by atoms with Crippen molar-refractivity contribution in [2.75, 3.05) is 0 Å². The van der Waals surface area contributed by atoms with Crippen molar-refractivity contribution in [3.63, 3.8) is 0 Å². The van der Waals surface area contributed by atoms with Crippen molar-refractivity contribution in [3.05, 3.63) is 14.0 Å². The topological polar surface area (TPSA) is 0 Å². The zero-order valence-corrected chi connectivity index (χ0v) is 10.3. The Morgan fingerprint density at radius 2 is 1.40 bits per heavy atom. The van der Waals surface area contributed by atoms with Crippen LogP contribution in [0.15, 0.2) is 0 Å². The molecule has 1 aliphatic rings. The molecule has 0 saturated carbocycles. The summed E-state index contributed by atoms with van der Waals surface area (Å²) in [5, 5.41) is 0. The summed E-state index contributed by atoms with van der Waals surface area (Å²) in [6.07, 6.45) is 4.46. The average Bonchev–Trinajstić information content (AvgIpc) is 1.69. The van der Waals surface area contributed by atoms with Gasteiger partial charge in [0.05, 0.1) is 0 Å². The molecule has 58 valence electrons. The third-order valence-corrected chi connectivity index (χ3v) is 4.17. The maximum atomic E-state index is 4.14. The number of rotatable bonds is 0. The monoisotopic (exact) mass is 188 g/mol. The van der Waals surface area contributed by atoms with Crippen LogP contribution < -0.4 is 0 Å². The van der Waals surface area contributed by atoms with Crippen molar-refractivity contribution in [2.24, 2.45) is 0 Å². The molecule has 0 amide bonds. The summed E-state index contributed by atoms with van der Waals surface area (Å²) in [6, 6.07) is 3.03. The van der Waals surface area contributed by atoms with E-state index in [1.165, 1.54) is 31.4 Å². The van der Waals surface area contributed by atoms with E-state index in [2.05, 4.69) is 6.55 Å². The van der Waals surface area contributed by atoms with Crippen LogP contribution in [0, 0.1) is 14.0 Å². The molecule has 0 radical (unpaired) electrons. The normalized spacial score (nSPS) is 17.7. The zero-order chi connectivity index (χ0) is 5.11. The van der Waals surface area contributed by atoms with Gasteiger partial charge in [-0.3, -0.25) is 0 Å². The predicted octanol–water partition coefficient (Wildman–Crippen LogP) is 2.26. The van der Waals surface area contributed by atoms with Gasteiger partial charge in [-0.15, -0.1) is 21.2 Å². The molecule has 3 heteroatoms. The first-order chi connectivity index (χ1) is 3.39. The molecule has 1 heterocycles. The molecule has 10 heavy (non-hydrogen) atoms. The van der Waals surface area contributed by atoms with Crippen molar-refractivity contribution in [3.8, 4) is 0 Å². The van der Waals surface area contributed by atoms with Crippen LogP contribution in [0.5, 0.6) is 0 Å². The van der Waals surface area contributed by atoms with E-state index in [0.717, 1.165) is 0 Å². The van der Waals surface area contributed by atoms with Gasteiger partial charge in [-0.2, -0.15) is 0 Å². The molecule has 0 unspecified atom stereocenters. The van der Waals surface area contributed by atoms with Gasteiger partial charge >= 0.3 is 23.1 Å². The number of halogens is 1. The van der Waals surface area contributed by atoms with Crippen LogP contribution in [0.25, 0.3) is 0 Å². The van der Waals surface area contributed by atoms with Crippen molar-refractivity contribution < 1.29 is 0 Å². The van der Waals surface area contributed by atoms with Crippen molar-refractivity contribution in [1.29, 1.82) is 0 Å². The van der Waals surface area contributed by atoms with Crippen LogP contribution in [-0.4, -0.2) is 31.8 Å². The molecule has 0 spiro atoms. The smallest absolute Gasteiger partial charge is 0.358 e. The molecule has 1 aliphatic heterocycles. The summed E-state index contributed by atoms with van der Waals surface area (Å²) in [5.41, 5.74) is 0. The van der Waals surface area contributed by atoms with Crippen LogP contribution in [-0.2, 0) is 0 Å². The van der Waals surface area contributed by atoms with Gasteiger partial charge in [0, 0.05) is 0 Å². The van der Waals surface area contributed by atoms with Gasteiger partial charge in [0.2, 0.25) is 0 Å². The quantitative estimate of drug-likeness (QED) is 0.405. The Balaban J connectivity index is -0.000000163. The Morgan fingerprint density at radius 3 is 1.60 bits per heavy atom. The second-order valence-electron chi connectivity index (χ2n) is 2.50. The average molecular weight is 189 g/mol. The van der Waals surface area contributed by atoms with Crippen LogP contribution >= 0.6 is 12.4 Å². The van der Waals surface area contributed by atoms with Gasteiger partial charge in [0.1, 0.15) is 0 Å². The Bertz CT molecular complexity index is 55.6. The van der Waals surface area contributed by atoms with Crippen molar-refractivity contribution in [2.45, 2.75) is 31.4 Å². The van der Waals surface area contributed by atoms with E-state index in [1.54, 1.807) is 0 Å². The zero-order valence-electron chi connectivity index (χ0n) is 6.94. The summed E-state index contributed by atoms with van der Waals surface area (Å²) >= 11 is 0. The molecule has 0 bridgehead atoms. The fourth-order valence-corrected chi connectivity index (χ4v) is 3.21. The third kappa shape index (κ3) is 7.38. The molecule has 0 aromatic rings. The number of hydrogen-bond donors (Lipinski definition) is 0. The predicted molar refractivity (Wildman–Crippen MR) is 55.4 cm³/mol. The Kier molecular flexibility index (Phi) is 17.9. The maximum absolute atomic E-state index is 4.14. The second kappa shape index (κ2) is 10.3. The Hall–Kier alpha value is 1.27.